The topological polar surface area (TPSA) is 84.2 Å². The lowest BCUT2D eigenvalue weighted by atomic mass is 10.1. The number of hydrogen-bond acceptors (Lipinski definition) is 5. The number of aryl methyl sites for hydroxylation is 2. The number of nitrogens with zero attached hydrogens (tertiary/aromatic N) is 3. The predicted octanol–water partition coefficient (Wildman–Crippen LogP) is 3.19. The van der Waals surface area contributed by atoms with Gasteiger partial charge in [-0.25, -0.2) is 4.98 Å². The summed E-state index contributed by atoms with van der Waals surface area (Å²) >= 11 is 0. The highest BCUT2D eigenvalue weighted by Crippen LogP contribution is 2.33. The van der Waals surface area contributed by atoms with Crippen LogP contribution in [0, 0.1) is 13.8 Å². The quantitative estimate of drug-likeness (QED) is 0.750. The molecule has 0 saturated carbocycles. The van der Waals surface area contributed by atoms with Gasteiger partial charge in [-0.2, -0.15) is 5.10 Å². The van der Waals surface area contributed by atoms with Crippen LogP contribution < -0.4 is 0 Å². The molecule has 1 fully saturated rings. The first-order valence-corrected chi connectivity index (χ1v) is 8.99. The van der Waals surface area contributed by atoms with E-state index in [0.29, 0.717) is 31.0 Å². The Labute approximate surface area is 157 Å². The lowest BCUT2D eigenvalue weighted by Crippen LogP contribution is -2.32. The number of aromatic nitrogens is 3. The summed E-state index contributed by atoms with van der Waals surface area (Å²) in [6, 6.07) is 9.69. The first-order valence-electron chi connectivity index (χ1n) is 8.99. The van der Waals surface area contributed by atoms with Gasteiger partial charge in [0.15, 0.2) is 5.82 Å². The number of carbonyl (C=O) groups excluding carboxylic acids is 1. The van der Waals surface area contributed by atoms with Crippen LogP contribution >= 0.6 is 0 Å². The second-order valence-corrected chi connectivity index (χ2v) is 6.92. The summed E-state index contributed by atoms with van der Waals surface area (Å²) < 4.78 is 11.2. The van der Waals surface area contributed by atoms with Crippen LogP contribution in [0.3, 0.4) is 0 Å². The van der Waals surface area contributed by atoms with Gasteiger partial charge in [-0.05, 0) is 25.5 Å². The molecule has 3 heterocycles. The molecule has 1 aromatic carbocycles. The van der Waals surface area contributed by atoms with E-state index in [1.54, 1.807) is 11.0 Å². The normalized spacial score (nSPS) is 19.6. The van der Waals surface area contributed by atoms with Crippen molar-refractivity contribution in [3.63, 3.8) is 0 Å². The molecule has 0 bridgehead atoms. The maximum Gasteiger partial charge on any atom is 0.257 e. The van der Waals surface area contributed by atoms with Gasteiger partial charge in [-0.1, -0.05) is 29.8 Å². The van der Waals surface area contributed by atoms with Crippen LogP contribution in [-0.4, -0.2) is 38.6 Å². The van der Waals surface area contributed by atoms with Gasteiger partial charge in [-0.15, -0.1) is 0 Å². The molecule has 2 atom stereocenters. The Morgan fingerprint density at radius 1 is 1.37 bits per heavy atom. The standard InChI is InChI=1S/C20H22N4O3/c1-13-4-3-5-15(8-13)11-27-17-9-18(19-21-14(2)22-23-19)24(10-17)20(25)16-6-7-26-12-16/h3-8,12,17-18H,9-11H2,1-2H3,(H,21,22,23). The summed E-state index contributed by atoms with van der Waals surface area (Å²) in [5, 5.41) is 7.13. The number of nitrogens with one attached hydrogen (secondary N) is 1. The molecule has 7 heteroatoms. The summed E-state index contributed by atoms with van der Waals surface area (Å²) in [6.45, 7) is 4.92. The van der Waals surface area contributed by atoms with Crippen molar-refractivity contribution in [1.82, 2.24) is 20.1 Å². The molecule has 1 amide bonds. The van der Waals surface area contributed by atoms with Gasteiger partial charge in [0.25, 0.3) is 5.91 Å². The maximum atomic E-state index is 12.9. The van der Waals surface area contributed by atoms with E-state index in [2.05, 4.69) is 34.2 Å². The first-order chi connectivity index (χ1) is 13.1. The zero-order valence-corrected chi connectivity index (χ0v) is 15.4. The third-order valence-electron chi connectivity index (χ3n) is 4.77. The summed E-state index contributed by atoms with van der Waals surface area (Å²) in [6.07, 6.45) is 3.54. The number of benzene rings is 1. The zero-order valence-electron chi connectivity index (χ0n) is 15.4. The fraction of sp³-hybridized carbons (Fsp3) is 0.350. The second-order valence-electron chi connectivity index (χ2n) is 6.92. The molecule has 1 aliphatic rings. The minimum absolute atomic E-state index is 0.0785. The molecule has 1 N–H and O–H groups in total. The van der Waals surface area contributed by atoms with Gasteiger partial charge in [0.05, 0.1) is 30.6 Å². The number of likely N-dealkylation sites (tertiary alicyclic amines) is 1. The Morgan fingerprint density at radius 3 is 2.96 bits per heavy atom. The van der Waals surface area contributed by atoms with Crippen LogP contribution in [0.25, 0.3) is 0 Å². The van der Waals surface area contributed by atoms with Gasteiger partial charge in [-0.3, -0.25) is 9.89 Å². The number of hydrogen-bond donors (Lipinski definition) is 1. The largest absolute Gasteiger partial charge is 0.472 e. The molecule has 4 rings (SSSR count). The van der Waals surface area contributed by atoms with Gasteiger partial charge >= 0.3 is 0 Å². The highest BCUT2D eigenvalue weighted by molar-refractivity contribution is 5.94. The highest BCUT2D eigenvalue weighted by atomic mass is 16.5. The molecule has 140 valence electrons. The van der Waals surface area contributed by atoms with E-state index in [4.69, 9.17) is 9.15 Å². The van der Waals surface area contributed by atoms with Crippen molar-refractivity contribution in [1.29, 1.82) is 0 Å². The molecule has 0 radical (unpaired) electrons. The van der Waals surface area contributed by atoms with E-state index in [9.17, 15) is 4.79 Å². The van der Waals surface area contributed by atoms with Gasteiger partial charge in [0, 0.05) is 13.0 Å². The summed E-state index contributed by atoms with van der Waals surface area (Å²) in [5.74, 6) is 1.24. The van der Waals surface area contributed by atoms with Crippen molar-refractivity contribution in [3.05, 3.63) is 71.2 Å². The van der Waals surface area contributed by atoms with E-state index in [1.807, 2.05) is 19.1 Å². The number of amides is 1. The van der Waals surface area contributed by atoms with E-state index < -0.39 is 0 Å². The van der Waals surface area contributed by atoms with Crippen LogP contribution in [0.2, 0.25) is 0 Å². The highest BCUT2D eigenvalue weighted by Gasteiger charge is 2.39. The first kappa shape index (κ1) is 17.5. The molecular formula is C20H22N4O3. The van der Waals surface area contributed by atoms with Gasteiger partial charge < -0.3 is 14.1 Å². The Balaban J connectivity index is 1.51. The lowest BCUT2D eigenvalue weighted by molar-refractivity contribution is 0.0437. The molecule has 2 aromatic heterocycles. The van der Waals surface area contributed by atoms with Crippen LogP contribution in [0.5, 0.6) is 0 Å². The van der Waals surface area contributed by atoms with E-state index in [1.165, 1.54) is 18.1 Å². The number of carbonyl (C=O) groups is 1. The van der Waals surface area contributed by atoms with Crippen LogP contribution in [0.1, 0.15) is 45.6 Å². The fourth-order valence-electron chi connectivity index (χ4n) is 3.46. The molecule has 1 aliphatic heterocycles. The minimum atomic E-state index is -0.222. The zero-order chi connectivity index (χ0) is 18.8. The summed E-state index contributed by atoms with van der Waals surface area (Å²) in [5.41, 5.74) is 2.85. The van der Waals surface area contributed by atoms with E-state index in [-0.39, 0.29) is 18.1 Å². The Bertz CT molecular complexity index is 919. The van der Waals surface area contributed by atoms with Crippen LogP contribution in [0.4, 0.5) is 0 Å². The Kier molecular flexibility index (Phi) is 4.77. The molecule has 7 nitrogen and oxygen atoms in total. The number of aromatic amines is 1. The lowest BCUT2D eigenvalue weighted by Gasteiger charge is -2.21. The average molecular weight is 366 g/mol. The molecule has 0 aliphatic carbocycles. The van der Waals surface area contributed by atoms with Crippen molar-refractivity contribution in [2.75, 3.05) is 6.54 Å². The SMILES string of the molecule is Cc1cccc(COC2CC(c3n[nH]c(C)n3)N(C(=O)c3ccoc3)C2)c1. The number of ether oxygens (including phenoxy) is 1. The smallest absolute Gasteiger partial charge is 0.257 e. The van der Waals surface area contributed by atoms with Crippen LogP contribution in [-0.2, 0) is 11.3 Å². The number of furan rings is 1. The number of rotatable bonds is 5. The third kappa shape index (κ3) is 3.78. The average Bonchev–Trinajstić information content (AvgIpc) is 3.40. The fourth-order valence-corrected chi connectivity index (χ4v) is 3.46. The van der Waals surface area contributed by atoms with Crippen molar-refractivity contribution in [2.24, 2.45) is 0 Å². The van der Waals surface area contributed by atoms with Gasteiger partial charge in [0.1, 0.15) is 12.1 Å². The summed E-state index contributed by atoms with van der Waals surface area (Å²) in [4.78, 5) is 19.1. The van der Waals surface area contributed by atoms with E-state index >= 15 is 0 Å². The molecule has 0 spiro atoms. The third-order valence-corrected chi connectivity index (χ3v) is 4.77. The molecule has 3 aromatic rings. The van der Waals surface area contributed by atoms with Crippen molar-refractivity contribution in [2.45, 2.75) is 39.0 Å². The van der Waals surface area contributed by atoms with Crippen molar-refractivity contribution in [3.8, 4) is 0 Å². The molecular weight excluding hydrogens is 344 g/mol. The number of H-pyrrole nitrogens is 1. The minimum Gasteiger partial charge on any atom is -0.472 e. The maximum absolute atomic E-state index is 12.9. The molecule has 27 heavy (non-hydrogen) atoms. The molecule has 2 unspecified atom stereocenters. The molecule has 1 saturated heterocycles. The van der Waals surface area contributed by atoms with E-state index in [0.717, 1.165) is 11.4 Å². The van der Waals surface area contributed by atoms with Crippen molar-refractivity contribution >= 4 is 5.91 Å². The van der Waals surface area contributed by atoms with Crippen molar-refractivity contribution < 1.29 is 13.9 Å². The predicted molar refractivity (Wildman–Crippen MR) is 98.0 cm³/mol. The van der Waals surface area contributed by atoms with Crippen LogP contribution in [0.15, 0.2) is 47.3 Å². The Hall–Kier alpha value is -2.93. The second kappa shape index (κ2) is 7.36. The summed E-state index contributed by atoms with van der Waals surface area (Å²) in [7, 11) is 0. The Morgan fingerprint density at radius 2 is 2.26 bits per heavy atom. The monoisotopic (exact) mass is 366 g/mol. The van der Waals surface area contributed by atoms with Gasteiger partial charge in [0.2, 0.25) is 0 Å².